The fourth-order valence-corrected chi connectivity index (χ4v) is 4.67. The van der Waals surface area contributed by atoms with Crippen LogP contribution in [-0.2, 0) is 9.59 Å². The van der Waals surface area contributed by atoms with Crippen molar-refractivity contribution >= 4 is 11.8 Å². The van der Waals surface area contributed by atoms with E-state index in [1.807, 2.05) is 0 Å². The van der Waals surface area contributed by atoms with E-state index in [1.54, 1.807) is 0 Å². The van der Waals surface area contributed by atoms with E-state index >= 15 is 0 Å². The minimum atomic E-state index is 0.143. The van der Waals surface area contributed by atoms with Crippen LogP contribution in [0, 0.1) is 11.8 Å². The van der Waals surface area contributed by atoms with Crippen molar-refractivity contribution in [2.45, 2.75) is 39.5 Å². The molecule has 0 aromatic carbocycles. The lowest BCUT2D eigenvalue weighted by molar-refractivity contribution is -0.143. The molecule has 0 spiro atoms. The number of amides is 2. The number of piperazine rings is 2. The maximum atomic E-state index is 12.8. The molecule has 3 fully saturated rings. The molecule has 0 aromatic heterocycles. The number of rotatable bonds is 4. The molecule has 6 nitrogen and oxygen atoms in total. The van der Waals surface area contributed by atoms with Crippen molar-refractivity contribution in [3.63, 3.8) is 0 Å². The second-order valence-corrected chi connectivity index (χ2v) is 8.07. The molecule has 0 aromatic rings. The van der Waals surface area contributed by atoms with Gasteiger partial charge in [-0.05, 0) is 38.8 Å². The molecular weight excluding hydrogens is 328 g/mol. The average molecular weight is 365 g/mol. The van der Waals surface area contributed by atoms with Gasteiger partial charge in [-0.1, -0.05) is 13.8 Å². The number of nitrogens with zero attached hydrogens (tertiary/aromatic N) is 4. The lowest BCUT2D eigenvalue weighted by atomic mass is 9.80. The molecule has 2 aliphatic heterocycles. The quantitative estimate of drug-likeness (QED) is 0.750. The molecule has 2 saturated heterocycles. The molecule has 3 rings (SSSR count). The summed E-state index contributed by atoms with van der Waals surface area (Å²) in [5.74, 6) is 0.958. The van der Waals surface area contributed by atoms with E-state index in [1.165, 1.54) is 0 Å². The normalized spacial score (nSPS) is 29.0. The molecule has 26 heavy (non-hydrogen) atoms. The Hall–Kier alpha value is -1.14. The fraction of sp³-hybridized carbons (Fsp3) is 0.900. The first-order valence-electron chi connectivity index (χ1n) is 10.6. The van der Waals surface area contributed by atoms with Crippen molar-refractivity contribution in [1.29, 1.82) is 0 Å². The molecule has 0 bridgehead atoms. The second kappa shape index (κ2) is 9.18. The standard InChI is InChI=1S/C20H36N4O2/c1-3-21-9-13-23(14-10-21)19(25)17-5-7-18(8-6-17)20(26)24-15-11-22(4-2)12-16-24/h17-18H,3-16H2,1-2H3. The molecule has 1 aliphatic carbocycles. The predicted molar refractivity (Wildman–Crippen MR) is 103 cm³/mol. The van der Waals surface area contributed by atoms with Gasteiger partial charge in [0.15, 0.2) is 0 Å². The molecule has 1 saturated carbocycles. The first-order chi connectivity index (χ1) is 12.6. The van der Waals surface area contributed by atoms with Crippen LogP contribution in [-0.4, -0.2) is 96.9 Å². The Morgan fingerprint density at radius 1 is 0.615 bits per heavy atom. The summed E-state index contributed by atoms with van der Waals surface area (Å²) in [5.41, 5.74) is 0. The van der Waals surface area contributed by atoms with Crippen molar-refractivity contribution in [3.8, 4) is 0 Å². The van der Waals surface area contributed by atoms with Gasteiger partial charge in [-0.25, -0.2) is 0 Å². The van der Waals surface area contributed by atoms with Gasteiger partial charge in [-0.2, -0.15) is 0 Å². The molecule has 0 radical (unpaired) electrons. The summed E-state index contributed by atoms with van der Waals surface area (Å²) in [7, 11) is 0. The number of carbonyl (C=O) groups excluding carboxylic acids is 2. The zero-order valence-electron chi connectivity index (χ0n) is 16.7. The van der Waals surface area contributed by atoms with Crippen LogP contribution in [0.15, 0.2) is 0 Å². The van der Waals surface area contributed by atoms with Gasteiger partial charge in [0, 0.05) is 64.2 Å². The zero-order valence-corrected chi connectivity index (χ0v) is 16.7. The molecule has 2 amide bonds. The summed E-state index contributed by atoms with van der Waals surface area (Å²) in [4.78, 5) is 34.5. The lowest BCUT2D eigenvalue weighted by Gasteiger charge is -2.39. The van der Waals surface area contributed by atoms with Crippen molar-refractivity contribution in [1.82, 2.24) is 19.6 Å². The monoisotopic (exact) mass is 364 g/mol. The molecular formula is C20H36N4O2. The van der Waals surface area contributed by atoms with Crippen molar-refractivity contribution in [3.05, 3.63) is 0 Å². The number of hydrogen-bond acceptors (Lipinski definition) is 4. The van der Waals surface area contributed by atoms with Crippen LogP contribution in [0.2, 0.25) is 0 Å². The fourth-order valence-electron chi connectivity index (χ4n) is 4.67. The summed E-state index contributed by atoms with van der Waals surface area (Å²) in [6, 6.07) is 0. The van der Waals surface area contributed by atoms with Gasteiger partial charge in [0.05, 0.1) is 0 Å². The van der Waals surface area contributed by atoms with Crippen LogP contribution in [0.3, 0.4) is 0 Å². The third-order valence-corrected chi connectivity index (χ3v) is 6.69. The highest BCUT2D eigenvalue weighted by Crippen LogP contribution is 2.31. The highest BCUT2D eigenvalue weighted by Gasteiger charge is 2.35. The molecule has 148 valence electrons. The average Bonchev–Trinajstić information content (AvgIpc) is 2.73. The summed E-state index contributed by atoms with van der Waals surface area (Å²) in [5, 5.41) is 0. The van der Waals surface area contributed by atoms with Crippen molar-refractivity contribution in [2.24, 2.45) is 11.8 Å². The minimum absolute atomic E-state index is 0.143. The first-order valence-corrected chi connectivity index (χ1v) is 10.6. The largest absolute Gasteiger partial charge is 0.340 e. The number of likely N-dealkylation sites (N-methyl/N-ethyl adjacent to an activating group) is 2. The molecule has 2 heterocycles. The van der Waals surface area contributed by atoms with E-state index in [0.29, 0.717) is 11.8 Å². The summed E-state index contributed by atoms with van der Waals surface area (Å²) >= 11 is 0. The molecule has 3 aliphatic rings. The van der Waals surface area contributed by atoms with Gasteiger partial charge in [-0.3, -0.25) is 9.59 Å². The summed E-state index contributed by atoms with van der Waals surface area (Å²) in [6.07, 6.45) is 3.55. The SMILES string of the molecule is CCN1CCN(C(=O)C2CCC(C(=O)N3CCN(CC)CC3)CC2)CC1. The maximum absolute atomic E-state index is 12.8. The third kappa shape index (κ3) is 4.58. The minimum Gasteiger partial charge on any atom is -0.340 e. The van der Waals surface area contributed by atoms with Gasteiger partial charge in [-0.15, -0.1) is 0 Å². The zero-order chi connectivity index (χ0) is 18.5. The lowest BCUT2D eigenvalue weighted by Crippen LogP contribution is -2.51. The Bertz CT molecular complexity index is 430. The van der Waals surface area contributed by atoms with E-state index in [-0.39, 0.29) is 11.8 Å². The van der Waals surface area contributed by atoms with Gasteiger partial charge in [0.2, 0.25) is 11.8 Å². The van der Waals surface area contributed by atoms with Crippen LogP contribution >= 0.6 is 0 Å². The van der Waals surface area contributed by atoms with Crippen molar-refractivity contribution in [2.75, 3.05) is 65.4 Å². The number of carbonyl (C=O) groups is 2. The van der Waals surface area contributed by atoms with Crippen LogP contribution in [0.4, 0.5) is 0 Å². The van der Waals surface area contributed by atoms with E-state index in [9.17, 15) is 9.59 Å². The summed E-state index contributed by atoms with van der Waals surface area (Å²) in [6.45, 7) is 14.0. The Kier molecular flexibility index (Phi) is 6.92. The topological polar surface area (TPSA) is 47.1 Å². The van der Waals surface area contributed by atoms with Crippen LogP contribution < -0.4 is 0 Å². The predicted octanol–water partition coefficient (Wildman–Crippen LogP) is 1.12. The van der Waals surface area contributed by atoms with E-state index in [0.717, 1.165) is 91.1 Å². The van der Waals surface area contributed by atoms with E-state index < -0.39 is 0 Å². The smallest absolute Gasteiger partial charge is 0.225 e. The Morgan fingerprint density at radius 2 is 0.923 bits per heavy atom. The third-order valence-electron chi connectivity index (χ3n) is 6.69. The molecule has 0 unspecified atom stereocenters. The Morgan fingerprint density at radius 3 is 1.19 bits per heavy atom. The van der Waals surface area contributed by atoms with Gasteiger partial charge < -0.3 is 19.6 Å². The van der Waals surface area contributed by atoms with E-state index in [4.69, 9.17) is 0 Å². The van der Waals surface area contributed by atoms with Crippen LogP contribution in [0.1, 0.15) is 39.5 Å². The van der Waals surface area contributed by atoms with Gasteiger partial charge in [0.1, 0.15) is 0 Å². The highest BCUT2D eigenvalue weighted by molar-refractivity contribution is 5.81. The molecule has 0 atom stereocenters. The van der Waals surface area contributed by atoms with Gasteiger partial charge >= 0.3 is 0 Å². The first kappa shape index (κ1) is 19.6. The second-order valence-electron chi connectivity index (χ2n) is 8.07. The van der Waals surface area contributed by atoms with Crippen LogP contribution in [0.5, 0.6) is 0 Å². The Balaban J connectivity index is 1.42. The molecule has 6 heteroatoms. The molecule has 0 N–H and O–H groups in total. The van der Waals surface area contributed by atoms with Crippen LogP contribution in [0.25, 0.3) is 0 Å². The highest BCUT2D eigenvalue weighted by atomic mass is 16.2. The van der Waals surface area contributed by atoms with Gasteiger partial charge in [0.25, 0.3) is 0 Å². The maximum Gasteiger partial charge on any atom is 0.225 e. The number of hydrogen-bond donors (Lipinski definition) is 0. The summed E-state index contributed by atoms with van der Waals surface area (Å²) < 4.78 is 0. The van der Waals surface area contributed by atoms with Crippen molar-refractivity contribution < 1.29 is 9.59 Å². The van der Waals surface area contributed by atoms with E-state index in [2.05, 4.69) is 33.4 Å². The Labute approximate surface area is 158 Å².